The third-order valence-corrected chi connectivity index (χ3v) is 4.96. The van der Waals surface area contributed by atoms with E-state index in [4.69, 9.17) is 5.84 Å². The Labute approximate surface area is 124 Å². The Morgan fingerprint density at radius 1 is 1.26 bits per heavy atom. The van der Waals surface area contributed by atoms with Gasteiger partial charge in [0.15, 0.2) is 0 Å². The molecule has 1 aromatic heterocycles. The fourth-order valence-corrected chi connectivity index (χ4v) is 3.49. The molecular weight excluding hydrogens is 324 g/mol. The quantitative estimate of drug-likeness (QED) is 0.512. The Bertz CT molecular complexity index is 618. The van der Waals surface area contributed by atoms with Crippen molar-refractivity contribution in [1.29, 1.82) is 0 Å². The zero-order chi connectivity index (χ0) is 13.2. The Kier molecular flexibility index (Phi) is 3.72. The number of fused-ring (bicyclic) bond motifs is 1. The molecule has 0 bridgehead atoms. The molecule has 0 amide bonds. The van der Waals surface area contributed by atoms with Crippen molar-refractivity contribution in [2.45, 2.75) is 29.2 Å². The third kappa shape index (κ3) is 2.75. The number of halogens is 1. The molecule has 0 aliphatic heterocycles. The van der Waals surface area contributed by atoms with Gasteiger partial charge in [0.2, 0.25) is 5.95 Å². The van der Waals surface area contributed by atoms with Crippen LogP contribution in [0.3, 0.4) is 0 Å². The van der Waals surface area contributed by atoms with E-state index in [9.17, 15) is 0 Å². The predicted octanol–water partition coefficient (Wildman–Crippen LogP) is 3.16. The Morgan fingerprint density at radius 3 is 2.95 bits per heavy atom. The van der Waals surface area contributed by atoms with Gasteiger partial charge >= 0.3 is 0 Å². The smallest absolute Gasteiger partial charge is 0.238 e. The average Bonchev–Trinajstić information content (AvgIpc) is 2.89. The van der Waals surface area contributed by atoms with Crippen molar-refractivity contribution in [1.82, 2.24) is 9.97 Å². The van der Waals surface area contributed by atoms with Crippen LogP contribution in [0.25, 0.3) is 0 Å². The lowest BCUT2D eigenvalue weighted by Crippen LogP contribution is -2.10. The number of hydrogen-bond donors (Lipinski definition) is 2. The average molecular weight is 337 g/mol. The second-order valence-corrected chi connectivity index (χ2v) is 6.29. The predicted molar refractivity (Wildman–Crippen MR) is 80.1 cm³/mol. The number of rotatable bonds is 3. The van der Waals surface area contributed by atoms with Gasteiger partial charge in [-0.25, -0.2) is 15.8 Å². The molecule has 1 aromatic carbocycles. The molecule has 0 unspecified atom stereocenters. The number of anilines is 1. The van der Waals surface area contributed by atoms with Gasteiger partial charge in [0.25, 0.3) is 0 Å². The van der Waals surface area contributed by atoms with E-state index in [1.807, 2.05) is 0 Å². The van der Waals surface area contributed by atoms with Gasteiger partial charge in [0, 0.05) is 11.1 Å². The molecule has 6 heteroatoms. The van der Waals surface area contributed by atoms with Crippen molar-refractivity contribution in [3.8, 4) is 0 Å². The number of nitrogens with one attached hydrogen (secondary N) is 1. The monoisotopic (exact) mass is 336 g/mol. The fraction of sp³-hybridized carbons (Fsp3) is 0.231. The van der Waals surface area contributed by atoms with Crippen molar-refractivity contribution in [2.24, 2.45) is 5.84 Å². The van der Waals surface area contributed by atoms with Crippen LogP contribution < -0.4 is 11.3 Å². The van der Waals surface area contributed by atoms with Crippen molar-refractivity contribution in [3.63, 3.8) is 0 Å². The Hall–Kier alpha value is -1.11. The summed E-state index contributed by atoms with van der Waals surface area (Å²) in [6.45, 7) is 0. The lowest BCUT2D eigenvalue weighted by molar-refractivity contribution is 0.911. The van der Waals surface area contributed by atoms with Crippen LogP contribution in [0.15, 0.2) is 38.8 Å². The van der Waals surface area contributed by atoms with Gasteiger partial charge in [0.1, 0.15) is 5.03 Å². The van der Waals surface area contributed by atoms with Crippen LogP contribution in [0.5, 0.6) is 0 Å². The normalized spacial score (nSPS) is 13.4. The summed E-state index contributed by atoms with van der Waals surface area (Å²) in [7, 11) is 0. The van der Waals surface area contributed by atoms with Gasteiger partial charge in [-0.3, -0.25) is 5.43 Å². The number of aryl methyl sites for hydroxylation is 2. The topological polar surface area (TPSA) is 63.8 Å². The Morgan fingerprint density at radius 2 is 2.11 bits per heavy atom. The number of nitrogens with zero attached hydrogens (tertiary/aromatic N) is 2. The first-order valence-corrected chi connectivity index (χ1v) is 7.66. The highest BCUT2D eigenvalue weighted by atomic mass is 79.9. The van der Waals surface area contributed by atoms with Crippen LogP contribution in [0.2, 0.25) is 0 Å². The molecule has 0 saturated carbocycles. The number of hydrogen-bond acceptors (Lipinski definition) is 5. The summed E-state index contributed by atoms with van der Waals surface area (Å²) in [5, 5.41) is 0.862. The van der Waals surface area contributed by atoms with E-state index in [0.717, 1.165) is 9.50 Å². The van der Waals surface area contributed by atoms with E-state index in [0.29, 0.717) is 5.95 Å². The minimum absolute atomic E-state index is 0.423. The van der Waals surface area contributed by atoms with Crippen LogP contribution in [-0.4, -0.2) is 9.97 Å². The van der Waals surface area contributed by atoms with Crippen LogP contribution in [0, 0.1) is 0 Å². The number of aromatic nitrogens is 2. The van der Waals surface area contributed by atoms with Gasteiger partial charge in [-0.1, -0.05) is 17.8 Å². The molecule has 1 heterocycles. The first-order chi connectivity index (χ1) is 9.26. The summed E-state index contributed by atoms with van der Waals surface area (Å²) in [5.41, 5.74) is 5.41. The third-order valence-electron chi connectivity index (χ3n) is 3.13. The minimum Gasteiger partial charge on any atom is -0.292 e. The van der Waals surface area contributed by atoms with Crippen LogP contribution in [-0.2, 0) is 12.8 Å². The molecular formula is C13H13BrN4S. The summed E-state index contributed by atoms with van der Waals surface area (Å²) >= 11 is 5.08. The fourth-order valence-electron chi connectivity index (χ4n) is 2.22. The lowest BCUT2D eigenvalue weighted by Gasteiger charge is -2.07. The highest BCUT2D eigenvalue weighted by Gasteiger charge is 2.12. The molecule has 1 aliphatic carbocycles. The highest BCUT2D eigenvalue weighted by Crippen LogP contribution is 2.34. The largest absolute Gasteiger partial charge is 0.292 e. The molecule has 19 heavy (non-hydrogen) atoms. The molecule has 1 aliphatic rings. The second-order valence-electron chi connectivity index (χ2n) is 4.38. The zero-order valence-electron chi connectivity index (χ0n) is 10.2. The van der Waals surface area contributed by atoms with Crippen LogP contribution >= 0.6 is 27.7 Å². The minimum atomic E-state index is 0.423. The molecule has 0 fully saturated rings. The highest BCUT2D eigenvalue weighted by molar-refractivity contribution is 9.10. The van der Waals surface area contributed by atoms with E-state index < -0.39 is 0 Å². The molecule has 98 valence electrons. The van der Waals surface area contributed by atoms with Crippen molar-refractivity contribution in [2.75, 3.05) is 5.43 Å². The maximum atomic E-state index is 5.34. The second kappa shape index (κ2) is 5.48. The zero-order valence-corrected chi connectivity index (χ0v) is 12.6. The van der Waals surface area contributed by atoms with E-state index in [1.165, 1.54) is 35.3 Å². The number of benzene rings is 1. The number of hydrazine groups is 1. The molecule has 0 radical (unpaired) electrons. The lowest BCUT2D eigenvalue weighted by atomic mass is 10.1. The van der Waals surface area contributed by atoms with Gasteiger partial charge in [-0.15, -0.1) is 0 Å². The van der Waals surface area contributed by atoms with Crippen molar-refractivity contribution < 1.29 is 0 Å². The van der Waals surface area contributed by atoms with Crippen LogP contribution in [0.4, 0.5) is 5.95 Å². The summed E-state index contributed by atoms with van der Waals surface area (Å²) in [4.78, 5) is 9.60. The first kappa shape index (κ1) is 12.9. The first-order valence-electron chi connectivity index (χ1n) is 6.05. The maximum Gasteiger partial charge on any atom is 0.238 e. The molecule has 3 rings (SSSR count). The SMILES string of the molecule is NNc1ncc(Br)c(Sc2ccc3c(c2)CCC3)n1. The molecule has 0 spiro atoms. The summed E-state index contributed by atoms with van der Waals surface area (Å²) < 4.78 is 0.872. The van der Waals surface area contributed by atoms with Gasteiger partial charge in [-0.05, 0) is 58.5 Å². The number of nitrogens with two attached hydrogens (primary N) is 1. The van der Waals surface area contributed by atoms with Crippen LogP contribution in [0.1, 0.15) is 17.5 Å². The molecule has 3 N–H and O–H groups in total. The molecule has 0 atom stereocenters. The summed E-state index contributed by atoms with van der Waals surface area (Å²) in [6.07, 6.45) is 5.36. The van der Waals surface area contributed by atoms with Crippen molar-refractivity contribution >= 4 is 33.6 Å². The summed E-state index contributed by atoms with van der Waals surface area (Å²) in [5.74, 6) is 5.76. The van der Waals surface area contributed by atoms with E-state index >= 15 is 0 Å². The van der Waals surface area contributed by atoms with Gasteiger partial charge in [0.05, 0.1) is 4.47 Å². The van der Waals surface area contributed by atoms with Crippen molar-refractivity contribution in [3.05, 3.63) is 40.0 Å². The van der Waals surface area contributed by atoms with E-state index in [-0.39, 0.29) is 0 Å². The summed E-state index contributed by atoms with van der Waals surface area (Å²) in [6, 6.07) is 6.64. The number of nitrogen functional groups attached to an aromatic ring is 1. The molecule has 4 nitrogen and oxygen atoms in total. The van der Waals surface area contributed by atoms with Gasteiger partial charge in [-0.2, -0.15) is 0 Å². The van der Waals surface area contributed by atoms with E-state index in [1.54, 1.807) is 18.0 Å². The van der Waals surface area contributed by atoms with E-state index in [2.05, 4.69) is 49.5 Å². The molecule has 2 aromatic rings. The molecule has 0 saturated heterocycles. The standard InChI is InChI=1S/C13H13BrN4S/c14-11-7-16-13(18-15)17-12(11)19-10-5-4-8-2-1-3-9(8)6-10/h4-7H,1-3,15H2,(H,16,17,18). The van der Waals surface area contributed by atoms with Gasteiger partial charge < -0.3 is 0 Å². The Balaban J connectivity index is 1.88. The maximum absolute atomic E-state index is 5.34.